The summed E-state index contributed by atoms with van der Waals surface area (Å²) in [5.41, 5.74) is 7.14. The highest BCUT2D eigenvalue weighted by Crippen LogP contribution is 2.45. The van der Waals surface area contributed by atoms with Crippen molar-refractivity contribution in [2.45, 2.75) is 43.5 Å². The molecule has 0 amide bonds. The molecule has 0 radical (unpaired) electrons. The van der Waals surface area contributed by atoms with Gasteiger partial charge < -0.3 is 10.5 Å². The Kier molecular flexibility index (Phi) is 3.61. The number of nitrogens with two attached hydrogens (primary N) is 1. The molecule has 3 N–H and O–H groups in total. The van der Waals surface area contributed by atoms with Crippen molar-refractivity contribution in [3.8, 4) is 5.75 Å². The smallest absolute Gasteiger partial charge is 0.244 e. The van der Waals surface area contributed by atoms with E-state index in [-0.39, 0.29) is 10.9 Å². The monoisotopic (exact) mass is 310 g/mol. The minimum absolute atomic E-state index is 0.0715. The van der Waals surface area contributed by atoms with Gasteiger partial charge in [0.2, 0.25) is 10.0 Å². The summed E-state index contributed by atoms with van der Waals surface area (Å²) < 4.78 is 33.5. The van der Waals surface area contributed by atoms with Crippen molar-refractivity contribution in [2.75, 3.05) is 12.8 Å². The zero-order valence-electron chi connectivity index (χ0n) is 12.4. The van der Waals surface area contributed by atoms with Crippen molar-refractivity contribution in [1.29, 1.82) is 0 Å². The summed E-state index contributed by atoms with van der Waals surface area (Å²) >= 11 is 0. The third-order valence-corrected chi connectivity index (χ3v) is 5.87. The lowest BCUT2D eigenvalue weighted by atomic mass is 10.1. The standard InChI is InChI=1S/C15H22N2O3S/c1-9-7-13(20-2)14(8-12(9)16)21(18,19)17-15(10-3-4-10)11-5-6-11/h7-8,10-11,15,17H,3-6,16H2,1-2H3. The van der Waals surface area contributed by atoms with E-state index in [1.807, 2.05) is 6.92 Å². The van der Waals surface area contributed by atoms with Gasteiger partial charge >= 0.3 is 0 Å². The molecule has 0 heterocycles. The number of anilines is 1. The van der Waals surface area contributed by atoms with Gasteiger partial charge in [0.25, 0.3) is 0 Å². The minimum atomic E-state index is -3.61. The van der Waals surface area contributed by atoms with Crippen LogP contribution in [-0.2, 0) is 10.0 Å². The second kappa shape index (κ2) is 5.18. The van der Waals surface area contributed by atoms with E-state index in [1.165, 1.54) is 13.2 Å². The lowest BCUT2D eigenvalue weighted by molar-refractivity contribution is 0.400. The Labute approximate surface area is 125 Å². The van der Waals surface area contributed by atoms with E-state index in [1.54, 1.807) is 6.07 Å². The predicted molar refractivity (Wildman–Crippen MR) is 81.7 cm³/mol. The molecule has 0 aliphatic heterocycles. The van der Waals surface area contributed by atoms with Crippen molar-refractivity contribution in [3.63, 3.8) is 0 Å². The first-order valence-electron chi connectivity index (χ1n) is 7.39. The van der Waals surface area contributed by atoms with Gasteiger partial charge in [0, 0.05) is 11.7 Å². The van der Waals surface area contributed by atoms with E-state index >= 15 is 0 Å². The quantitative estimate of drug-likeness (QED) is 0.788. The minimum Gasteiger partial charge on any atom is -0.495 e. The molecule has 0 atom stereocenters. The largest absolute Gasteiger partial charge is 0.495 e. The first-order valence-corrected chi connectivity index (χ1v) is 8.87. The molecule has 2 saturated carbocycles. The average molecular weight is 310 g/mol. The van der Waals surface area contributed by atoms with E-state index in [0.717, 1.165) is 31.2 Å². The molecule has 116 valence electrons. The van der Waals surface area contributed by atoms with Crippen molar-refractivity contribution < 1.29 is 13.2 Å². The van der Waals surface area contributed by atoms with Crippen LogP contribution in [0, 0.1) is 18.8 Å². The summed E-state index contributed by atoms with van der Waals surface area (Å²) in [7, 11) is -2.13. The summed E-state index contributed by atoms with van der Waals surface area (Å²) in [5.74, 6) is 1.35. The van der Waals surface area contributed by atoms with Gasteiger partial charge in [-0.1, -0.05) is 0 Å². The van der Waals surface area contributed by atoms with Crippen LogP contribution in [0.4, 0.5) is 5.69 Å². The molecule has 1 aromatic rings. The fourth-order valence-electron chi connectivity index (χ4n) is 2.78. The molecule has 5 nitrogen and oxygen atoms in total. The summed E-state index contributed by atoms with van der Waals surface area (Å²) in [4.78, 5) is 0.138. The zero-order valence-corrected chi connectivity index (χ0v) is 13.2. The molecule has 3 rings (SSSR count). The average Bonchev–Trinajstić information content (AvgIpc) is 3.29. The molecule has 2 aliphatic carbocycles. The lowest BCUT2D eigenvalue weighted by Gasteiger charge is -2.19. The Bertz CT molecular complexity index is 637. The van der Waals surface area contributed by atoms with E-state index in [4.69, 9.17) is 10.5 Å². The number of ether oxygens (including phenoxy) is 1. The number of rotatable bonds is 6. The topological polar surface area (TPSA) is 81.4 Å². The van der Waals surface area contributed by atoms with Crippen molar-refractivity contribution in [1.82, 2.24) is 4.72 Å². The third kappa shape index (κ3) is 3.01. The number of methoxy groups -OCH3 is 1. The number of aryl methyl sites for hydroxylation is 1. The first kappa shape index (κ1) is 14.7. The van der Waals surface area contributed by atoms with Gasteiger partial charge in [-0.05, 0) is 62.1 Å². The number of sulfonamides is 1. The van der Waals surface area contributed by atoms with Crippen LogP contribution >= 0.6 is 0 Å². The van der Waals surface area contributed by atoms with Gasteiger partial charge in [0.05, 0.1) is 7.11 Å². The highest BCUT2D eigenvalue weighted by atomic mass is 32.2. The van der Waals surface area contributed by atoms with E-state index in [2.05, 4.69) is 4.72 Å². The van der Waals surface area contributed by atoms with Crippen LogP contribution in [0.2, 0.25) is 0 Å². The Morgan fingerprint density at radius 3 is 2.29 bits per heavy atom. The van der Waals surface area contributed by atoms with E-state index in [0.29, 0.717) is 23.3 Å². The third-order valence-electron chi connectivity index (χ3n) is 4.39. The van der Waals surface area contributed by atoms with Crippen molar-refractivity contribution >= 4 is 15.7 Å². The van der Waals surface area contributed by atoms with Crippen molar-refractivity contribution in [3.05, 3.63) is 17.7 Å². The highest BCUT2D eigenvalue weighted by Gasteiger charge is 2.43. The van der Waals surface area contributed by atoms with Gasteiger partial charge in [-0.15, -0.1) is 0 Å². The summed E-state index contributed by atoms with van der Waals surface area (Å²) in [6.07, 6.45) is 4.49. The predicted octanol–water partition coefficient (Wildman–Crippen LogP) is 2.05. The SMILES string of the molecule is COc1cc(C)c(N)cc1S(=O)(=O)NC(C1CC1)C1CC1. The molecule has 0 unspecified atom stereocenters. The maximum atomic E-state index is 12.7. The summed E-state index contributed by atoms with van der Waals surface area (Å²) in [5, 5.41) is 0. The van der Waals surface area contributed by atoms with Crippen LogP contribution in [0.5, 0.6) is 5.75 Å². The molecule has 0 bridgehead atoms. The maximum Gasteiger partial charge on any atom is 0.244 e. The maximum absolute atomic E-state index is 12.7. The van der Waals surface area contributed by atoms with Crippen LogP contribution < -0.4 is 15.2 Å². The van der Waals surface area contributed by atoms with Crippen LogP contribution in [0.25, 0.3) is 0 Å². The number of nitrogen functional groups attached to an aromatic ring is 1. The van der Waals surface area contributed by atoms with Crippen LogP contribution in [0.1, 0.15) is 31.2 Å². The molecule has 6 heteroatoms. The lowest BCUT2D eigenvalue weighted by Crippen LogP contribution is -2.38. The Balaban J connectivity index is 1.91. The molecule has 2 aliphatic rings. The van der Waals surface area contributed by atoms with Crippen LogP contribution in [-0.4, -0.2) is 21.6 Å². The Morgan fingerprint density at radius 1 is 1.24 bits per heavy atom. The van der Waals surface area contributed by atoms with Crippen molar-refractivity contribution in [2.24, 2.45) is 11.8 Å². The number of hydrogen-bond donors (Lipinski definition) is 2. The van der Waals surface area contributed by atoms with Gasteiger partial charge in [-0.25, -0.2) is 13.1 Å². The molecular formula is C15H22N2O3S. The fourth-order valence-corrected chi connectivity index (χ4v) is 4.34. The molecule has 0 saturated heterocycles. The normalized spacial score (nSPS) is 19.0. The number of hydrogen-bond acceptors (Lipinski definition) is 4. The van der Waals surface area contributed by atoms with Gasteiger partial charge in [-0.2, -0.15) is 0 Å². The van der Waals surface area contributed by atoms with E-state index < -0.39 is 10.0 Å². The Morgan fingerprint density at radius 2 is 1.81 bits per heavy atom. The highest BCUT2D eigenvalue weighted by molar-refractivity contribution is 7.89. The molecule has 0 spiro atoms. The molecule has 1 aromatic carbocycles. The summed E-state index contributed by atoms with van der Waals surface area (Å²) in [6, 6.07) is 3.24. The molecule has 21 heavy (non-hydrogen) atoms. The molecule has 0 aromatic heterocycles. The number of nitrogens with one attached hydrogen (secondary N) is 1. The molecular weight excluding hydrogens is 288 g/mol. The summed E-state index contributed by atoms with van der Waals surface area (Å²) in [6.45, 7) is 1.83. The van der Waals surface area contributed by atoms with Gasteiger partial charge in [0.15, 0.2) is 0 Å². The van der Waals surface area contributed by atoms with Gasteiger partial charge in [-0.3, -0.25) is 0 Å². The molecule has 2 fully saturated rings. The van der Waals surface area contributed by atoms with Gasteiger partial charge in [0.1, 0.15) is 10.6 Å². The number of benzene rings is 1. The second-order valence-corrected chi connectivity index (χ2v) is 7.86. The second-order valence-electron chi connectivity index (χ2n) is 6.18. The first-order chi connectivity index (χ1) is 9.92. The van der Waals surface area contributed by atoms with Crippen LogP contribution in [0.15, 0.2) is 17.0 Å². The zero-order chi connectivity index (χ0) is 15.2. The van der Waals surface area contributed by atoms with E-state index in [9.17, 15) is 8.42 Å². The van der Waals surface area contributed by atoms with Crippen LogP contribution in [0.3, 0.4) is 0 Å². The Hall–Kier alpha value is -1.27. The fraction of sp³-hybridized carbons (Fsp3) is 0.600.